The van der Waals surface area contributed by atoms with Crippen molar-refractivity contribution >= 4 is 16.8 Å². The summed E-state index contributed by atoms with van der Waals surface area (Å²) >= 11 is 0. The van der Waals surface area contributed by atoms with Gasteiger partial charge in [-0.2, -0.15) is 0 Å². The van der Waals surface area contributed by atoms with Crippen LogP contribution in [0, 0.1) is 46.7 Å². The van der Waals surface area contributed by atoms with E-state index < -0.39 is 5.60 Å². The molecule has 4 fully saturated rings. The monoisotopic (exact) mass is 467 g/mol. The van der Waals surface area contributed by atoms with Crippen LogP contribution >= 0.6 is 0 Å². The first-order valence-corrected chi connectivity index (χ1v) is 13.6. The first-order valence-electron chi connectivity index (χ1n) is 13.6. The molecular weight excluding hydrogens is 429 g/mol. The van der Waals surface area contributed by atoms with E-state index in [4.69, 9.17) is 0 Å². The molecule has 1 aromatic carbocycles. The summed E-state index contributed by atoms with van der Waals surface area (Å²) in [6, 6.07) is 4.45. The van der Waals surface area contributed by atoms with E-state index in [2.05, 4.69) is 24.2 Å². The van der Waals surface area contributed by atoms with Gasteiger partial charge < -0.3 is 5.11 Å². The number of aromatic nitrogens is 3. The van der Waals surface area contributed by atoms with Crippen molar-refractivity contribution in [3.8, 4) is 0 Å². The maximum Gasteiger partial charge on any atom is 0.157 e. The molecule has 8 atom stereocenters. The van der Waals surface area contributed by atoms with Crippen molar-refractivity contribution in [2.75, 3.05) is 0 Å². The minimum absolute atomic E-state index is 0.0758. The summed E-state index contributed by atoms with van der Waals surface area (Å²) in [5, 5.41) is 19.2. The quantitative estimate of drug-likeness (QED) is 0.640. The third-order valence-corrected chi connectivity index (χ3v) is 10.9. The highest BCUT2D eigenvalue weighted by Crippen LogP contribution is 2.64. The SMILES string of the molecule is CC[C@@]1(O)CC[C@H]2[C@H](CC[C@@H]3[C@@H]2CC[C@]2(C)[C@@H](C(=O)Cn4nnc5cc(F)ccc54)CC[C@@H]32)C1. The van der Waals surface area contributed by atoms with Crippen LogP contribution in [0.25, 0.3) is 11.0 Å². The Labute approximate surface area is 201 Å². The van der Waals surface area contributed by atoms with Crippen molar-refractivity contribution in [2.45, 2.75) is 90.2 Å². The lowest BCUT2D eigenvalue weighted by Crippen LogP contribution is -2.51. The summed E-state index contributed by atoms with van der Waals surface area (Å²) in [5.41, 5.74) is 0.870. The van der Waals surface area contributed by atoms with Crippen LogP contribution in [0.15, 0.2) is 18.2 Å². The van der Waals surface area contributed by atoms with Gasteiger partial charge in [0, 0.05) is 12.0 Å². The number of nitrogens with zero attached hydrogens (tertiary/aromatic N) is 3. The predicted molar refractivity (Wildman–Crippen MR) is 128 cm³/mol. The number of hydrogen-bond donors (Lipinski definition) is 1. The maximum absolute atomic E-state index is 13.6. The molecule has 0 spiro atoms. The summed E-state index contributed by atoms with van der Waals surface area (Å²) in [6.07, 6.45) is 11.1. The minimum Gasteiger partial charge on any atom is -0.390 e. The summed E-state index contributed by atoms with van der Waals surface area (Å²) in [7, 11) is 0. The van der Waals surface area contributed by atoms with Crippen LogP contribution in [0.4, 0.5) is 4.39 Å². The molecule has 184 valence electrons. The van der Waals surface area contributed by atoms with E-state index in [9.17, 15) is 14.3 Å². The second-order valence-electron chi connectivity index (χ2n) is 12.3. The van der Waals surface area contributed by atoms with Crippen molar-refractivity contribution in [1.82, 2.24) is 15.0 Å². The van der Waals surface area contributed by atoms with Crippen LogP contribution in [0.3, 0.4) is 0 Å². The van der Waals surface area contributed by atoms with E-state index in [1.807, 2.05) is 0 Å². The van der Waals surface area contributed by atoms with E-state index in [1.54, 1.807) is 10.7 Å². The number of fused-ring (bicyclic) bond motifs is 6. The molecule has 0 aliphatic heterocycles. The van der Waals surface area contributed by atoms with Crippen molar-refractivity contribution in [3.05, 3.63) is 24.0 Å². The van der Waals surface area contributed by atoms with Gasteiger partial charge in [0.1, 0.15) is 17.9 Å². The molecule has 6 rings (SSSR count). The van der Waals surface area contributed by atoms with Crippen LogP contribution in [-0.2, 0) is 11.3 Å². The molecule has 4 aliphatic carbocycles. The van der Waals surface area contributed by atoms with Gasteiger partial charge in [-0.1, -0.05) is 19.1 Å². The number of ketones is 1. The van der Waals surface area contributed by atoms with Gasteiger partial charge in [0.15, 0.2) is 5.78 Å². The van der Waals surface area contributed by atoms with Gasteiger partial charge in [0.05, 0.1) is 11.1 Å². The number of hydrogen-bond acceptors (Lipinski definition) is 4. The molecule has 0 saturated heterocycles. The van der Waals surface area contributed by atoms with Crippen molar-refractivity contribution in [3.63, 3.8) is 0 Å². The highest BCUT2D eigenvalue weighted by Gasteiger charge is 2.58. The molecule has 2 aromatic rings. The van der Waals surface area contributed by atoms with E-state index in [-0.39, 0.29) is 29.5 Å². The fourth-order valence-corrected chi connectivity index (χ4v) is 9.13. The standard InChI is InChI=1S/C28H38FN3O2/c1-3-28(34)13-11-19-17(15-28)4-6-21-20(19)10-12-27(2)22(21)7-8-23(27)26(33)16-32-25-9-5-18(29)14-24(25)30-31-32/h5,9,14,17,19-23,34H,3-4,6-8,10-13,15-16H2,1-2H3/t17-,19+,20-,21-,22+,23-,27+,28-/m1/s1. The Morgan fingerprint density at radius 2 is 1.94 bits per heavy atom. The first kappa shape index (κ1) is 22.6. The molecule has 34 heavy (non-hydrogen) atoms. The smallest absolute Gasteiger partial charge is 0.157 e. The molecule has 1 heterocycles. The third kappa shape index (κ3) is 3.46. The zero-order valence-corrected chi connectivity index (χ0v) is 20.5. The number of rotatable bonds is 4. The van der Waals surface area contributed by atoms with Crippen LogP contribution in [-0.4, -0.2) is 31.5 Å². The number of aliphatic hydroxyl groups is 1. The Morgan fingerprint density at radius 1 is 1.12 bits per heavy atom. The van der Waals surface area contributed by atoms with Gasteiger partial charge in [-0.3, -0.25) is 4.79 Å². The zero-order valence-electron chi connectivity index (χ0n) is 20.5. The van der Waals surface area contributed by atoms with Crippen LogP contribution in [0.1, 0.15) is 78.1 Å². The molecule has 0 unspecified atom stereocenters. The Kier molecular flexibility index (Phi) is 5.40. The summed E-state index contributed by atoms with van der Waals surface area (Å²) in [5.74, 6) is 3.62. The first-order chi connectivity index (χ1) is 16.3. The minimum atomic E-state index is -0.431. The topological polar surface area (TPSA) is 68.0 Å². The van der Waals surface area contributed by atoms with Gasteiger partial charge in [-0.25, -0.2) is 9.07 Å². The van der Waals surface area contributed by atoms with E-state index >= 15 is 0 Å². The fourth-order valence-electron chi connectivity index (χ4n) is 9.13. The Balaban J connectivity index is 1.18. The molecular formula is C28H38FN3O2. The Bertz CT molecular complexity index is 1100. The van der Waals surface area contributed by atoms with Crippen LogP contribution < -0.4 is 0 Å². The molecule has 6 heteroatoms. The van der Waals surface area contributed by atoms with Crippen molar-refractivity contribution in [2.24, 2.45) is 40.9 Å². The van der Waals surface area contributed by atoms with Gasteiger partial charge in [-0.15, -0.1) is 5.10 Å². The number of carbonyl (C=O) groups is 1. The second kappa shape index (κ2) is 8.11. The lowest BCUT2D eigenvalue weighted by Gasteiger charge is -2.57. The average molecular weight is 468 g/mol. The molecule has 0 amide bonds. The lowest BCUT2D eigenvalue weighted by molar-refractivity contribution is -0.133. The highest BCUT2D eigenvalue weighted by molar-refractivity contribution is 5.84. The maximum atomic E-state index is 13.6. The van der Waals surface area contributed by atoms with Crippen LogP contribution in [0.5, 0.6) is 0 Å². The number of halogens is 1. The number of carbonyl (C=O) groups excluding carboxylic acids is 1. The average Bonchev–Trinajstić information content (AvgIpc) is 3.38. The summed E-state index contributed by atoms with van der Waals surface area (Å²) in [4.78, 5) is 13.6. The van der Waals surface area contributed by atoms with Crippen molar-refractivity contribution in [1.29, 1.82) is 0 Å². The van der Waals surface area contributed by atoms with Crippen molar-refractivity contribution < 1.29 is 14.3 Å². The normalized spacial score (nSPS) is 41.6. The third-order valence-electron chi connectivity index (χ3n) is 10.9. The largest absolute Gasteiger partial charge is 0.390 e. The lowest BCUT2D eigenvalue weighted by atomic mass is 9.48. The predicted octanol–water partition coefficient (Wildman–Crippen LogP) is 5.55. The molecule has 4 aliphatic rings. The van der Waals surface area contributed by atoms with Gasteiger partial charge >= 0.3 is 0 Å². The summed E-state index contributed by atoms with van der Waals surface area (Å²) < 4.78 is 15.2. The number of benzene rings is 1. The fraction of sp³-hybridized carbons (Fsp3) is 0.750. The van der Waals surface area contributed by atoms with Gasteiger partial charge in [0.25, 0.3) is 0 Å². The summed E-state index contributed by atoms with van der Waals surface area (Å²) in [6.45, 7) is 4.75. The molecule has 1 aromatic heterocycles. The van der Waals surface area contributed by atoms with Gasteiger partial charge in [-0.05, 0) is 111 Å². The molecule has 5 nitrogen and oxygen atoms in total. The van der Waals surface area contributed by atoms with E-state index in [0.29, 0.717) is 17.4 Å². The Hall–Kier alpha value is -1.82. The van der Waals surface area contributed by atoms with Gasteiger partial charge in [0.2, 0.25) is 0 Å². The number of Topliss-reactive ketones (excluding diaryl/α,β-unsaturated/α-hetero) is 1. The second-order valence-corrected chi connectivity index (χ2v) is 12.3. The van der Waals surface area contributed by atoms with Crippen LogP contribution in [0.2, 0.25) is 0 Å². The zero-order chi connectivity index (χ0) is 23.7. The van der Waals surface area contributed by atoms with E-state index in [0.717, 1.165) is 61.8 Å². The molecule has 1 N–H and O–H groups in total. The van der Waals surface area contributed by atoms with E-state index in [1.165, 1.54) is 37.8 Å². The molecule has 0 radical (unpaired) electrons. The highest BCUT2D eigenvalue weighted by atomic mass is 19.1. The Morgan fingerprint density at radius 3 is 2.76 bits per heavy atom. The molecule has 0 bridgehead atoms. The molecule has 4 saturated carbocycles.